The average molecular weight is 306 g/mol. The maximum absolute atomic E-state index is 10.9. The van der Waals surface area contributed by atoms with E-state index in [1.54, 1.807) is 23.5 Å². The van der Waals surface area contributed by atoms with E-state index in [4.69, 9.17) is 5.84 Å². The van der Waals surface area contributed by atoms with Crippen LogP contribution in [0.1, 0.15) is 10.4 Å². The number of hydrogen-bond donors (Lipinski definition) is 2. The molecule has 0 fully saturated rings. The van der Waals surface area contributed by atoms with E-state index in [1.165, 1.54) is 10.9 Å². The van der Waals surface area contributed by atoms with Gasteiger partial charge in [-0.15, -0.1) is 11.3 Å². The minimum Gasteiger partial charge on any atom is -0.324 e. The molecule has 21 heavy (non-hydrogen) atoms. The van der Waals surface area contributed by atoms with Gasteiger partial charge in [0.05, 0.1) is 10.6 Å². The van der Waals surface area contributed by atoms with Crippen molar-refractivity contribution in [2.75, 3.05) is 19.0 Å². The Balaban J connectivity index is 2.02. The Hall–Kier alpha value is -1.96. The number of hydrogen-bond acceptors (Lipinski definition) is 6. The Labute approximate surface area is 127 Å². The van der Waals surface area contributed by atoms with E-state index in [2.05, 4.69) is 21.8 Å². The number of benzene rings is 1. The third-order valence-electron chi connectivity index (χ3n) is 3.22. The summed E-state index contributed by atoms with van der Waals surface area (Å²) in [5.41, 5.74) is 4.20. The average Bonchev–Trinajstić information content (AvgIpc) is 2.98. The first-order chi connectivity index (χ1) is 10.1. The van der Waals surface area contributed by atoms with Gasteiger partial charge < -0.3 is 10.3 Å². The summed E-state index contributed by atoms with van der Waals surface area (Å²) in [4.78, 5) is 13.9. The van der Waals surface area contributed by atoms with Crippen LogP contribution in [0.2, 0.25) is 0 Å². The van der Waals surface area contributed by atoms with Gasteiger partial charge >= 0.3 is 0 Å². The molecule has 2 aromatic rings. The topological polar surface area (TPSA) is 84.4 Å². The van der Waals surface area contributed by atoms with Crippen molar-refractivity contribution in [2.24, 2.45) is 5.84 Å². The number of nitrogens with two attached hydrogens (primary N) is 1. The SMILES string of the molecule is CN(CCc1cccs1)Cc1cc([N+](=O)[O-])ccc1NN. The second kappa shape index (κ2) is 7.16. The second-order valence-corrected chi connectivity index (χ2v) is 5.84. The molecular formula is C14H18N4O2S. The summed E-state index contributed by atoms with van der Waals surface area (Å²) in [6.45, 7) is 1.49. The van der Waals surface area contributed by atoms with Gasteiger partial charge in [-0.1, -0.05) is 6.07 Å². The van der Waals surface area contributed by atoms with Crippen molar-refractivity contribution in [3.05, 3.63) is 56.3 Å². The summed E-state index contributed by atoms with van der Waals surface area (Å²) in [6.07, 6.45) is 0.967. The molecule has 0 radical (unpaired) electrons. The van der Waals surface area contributed by atoms with Crippen LogP contribution < -0.4 is 11.3 Å². The number of thiophene rings is 1. The lowest BCUT2D eigenvalue weighted by atomic mass is 10.1. The molecule has 1 aromatic carbocycles. The van der Waals surface area contributed by atoms with Crippen LogP contribution in [0.3, 0.4) is 0 Å². The lowest BCUT2D eigenvalue weighted by Crippen LogP contribution is -2.22. The Morgan fingerprint density at radius 1 is 1.43 bits per heavy atom. The first kappa shape index (κ1) is 15.4. The van der Waals surface area contributed by atoms with Gasteiger partial charge in [0.15, 0.2) is 0 Å². The third-order valence-corrected chi connectivity index (χ3v) is 4.15. The lowest BCUT2D eigenvalue weighted by molar-refractivity contribution is -0.384. The number of nitro benzene ring substituents is 1. The molecule has 0 aliphatic rings. The quantitative estimate of drug-likeness (QED) is 0.466. The van der Waals surface area contributed by atoms with E-state index in [-0.39, 0.29) is 5.69 Å². The fraction of sp³-hybridized carbons (Fsp3) is 0.286. The molecule has 0 saturated heterocycles. The molecule has 2 rings (SSSR count). The van der Waals surface area contributed by atoms with Crippen LogP contribution in [0.5, 0.6) is 0 Å². The number of nitrogens with one attached hydrogen (secondary N) is 1. The summed E-state index contributed by atoms with van der Waals surface area (Å²) in [5, 5.41) is 12.9. The van der Waals surface area contributed by atoms with Crippen molar-refractivity contribution in [3.8, 4) is 0 Å². The molecule has 0 unspecified atom stereocenters. The second-order valence-electron chi connectivity index (χ2n) is 4.81. The van der Waals surface area contributed by atoms with Gasteiger partial charge in [-0.3, -0.25) is 16.0 Å². The van der Waals surface area contributed by atoms with Gasteiger partial charge in [0.1, 0.15) is 0 Å². The van der Waals surface area contributed by atoms with Gasteiger partial charge in [0, 0.05) is 30.1 Å². The maximum atomic E-state index is 10.9. The molecule has 6 nitrogen and oxygen atoms in total. The first-order valence-corrected chi connectivity index (χ1v) is 7.43. The lowest BCUT2D eigenvalue weighted by Gasteiger charge is -2.18. The van der Waals surface area contributed by atoms with Gasteiger partial charge in [-0.25, -0.2) is 0 Å². The predicted molar refractivity (Wildman–Crippen MR) is 85.3 cm³/mol. The predicted octanol–water partition coefficient (Wildman–Crippen LogP) is 2.62. The zero-order chi connectivity index (χ0) is 15.2. The van der Waals surface area contributed by atoms with Crippen LogP contribution in [0, 0.1) is 10.1 Å². The summed E-state index contributed by atoms with van der Waals surface area (Å²) < 4.78 is 0. The van der Waals surface area contributed by atoms with Crippen molar-refractivity contribution in [1.82, 2.24) is 4.90 Å². The van der Waals surface area contributed by atoms with Crippen molar-refractivity contribution in [2.45, 2.75) is 13.0 Å². The van der Waals surface area contributed by atoms with Crippen LogP contribution in [-0.4, -0.2) is 23.4 Å². The number of nitrogen functional groups attached to an aromatic ring is 1. The van der Waals surface area contributed by atoms with E-state index in [9.17, 15) is 10.1 Å². The molecule has 0 spiro atoms. The number of likely N-dealkylation sites (N-methyl/N-ethyl adjacent to an activating group) is 1. The third kappa shape index (κ3) is 4.25. The smallest absolute Gasteiger partial charge is 0.269 e. The van der Waals surface area contributed by atoms with E-state index in [1.807, 2.05) is 13.1 Å². The molecule has 1 aromatic heterocycles. The van der Waals surface area contributed by atoms with Crippen LogP contribution in [0.15, 0.2) is 35.7 Å². The Morgan fingerprint density at radius 2 is 2.24 bits per heavy atom. The summed E-state index contributed by atoms with van der Waals surface area (Å²) >= 11 is 1.74. The van der Waals surface area contributed by atoms with Crippen LogP contribution in [0.25, 0.3) is 0 Å². The highest BCUT2D eigenvalue weighted by Crippen LogP contribution is 2.22. The maximum Gasteiger partial charge on any atom is 0.269 e. The summed E-state index contributed by atoms with van der Waals surface area (Å²) in [5.74, 6) is 5.47. The van der Waals surface area contributed by atoms with Crippen LogP contribution >= 0.6 is 11.3 Å². The van der Waals surface area contributed by atoms with Crippen molar-refractivity contribution >= 4 is 22.7 Å². The summed E-state index contributed by atoms with van der Waals surface area (Å²) in [7, 11) is 1.99. The molecule has 0 saturated carbocycles. The molecule has 0 bridgehead atoms. The van der Waals surface area contributed by atoms with Gasteiger partial charge in [0.2, 0.25) is 0 Å². The molecule has 3 N–H and O–H groups in total. The fourth-order valence-corrected chi connectivity index (χ4v) is 2.79. The molecule has 112 valence electrons. The molecule has 0 amide bonds. The zero-order valence-corrected chi connectivity index (χ0v) is 12.6. The zero-order valence-electron chi connectivity index (χ0n) is 11.8. The van der Waals surface area contributed by atoms with Crippen molar-refractivity contribution in [3.63, 3.8) is 0 Å². The highest BCUT2D eigenvalue weighted by Gasteiger charge is 2.12. The number of non-ortho nitro benzene ring substituents is 1. The number of nitro groups is 1. The Bertz CT molecular complexity index is 601. The molecule has 0 aliphatic carbocycles. The van der Waals surface area contributed by atoms with Crippen LogP contribution in [-0.2, 0) is 13.0 Å². The number of nitrogens with zero attached hydrogens (tertiary/aromatic N) is 2. The first-order valence-electron chi connectivity index (χ1n) is 6.55. The normalized spacial score (nSPS) is 10.8. The van der Waals surface area contributed by atoms with Gasteiger partial charge in [-0.05, 0) is 36.5 Å². The van der Waals surface area contributed by atoms with Crippen molar-refractivity contribution < 1.29 is 4.92 Å². The minimum atomic E-state index is -0.393. The summed E-state index contributed by atoms with van der Waals surface area (Å²) in [6, 6.07) is 8.80. The van der Waals surface area contributed by atoms with E-state index >= 15 is 0 Å². The molecule has 7 heteroatoms. The number of rotatable bonds is 7. The van der Waals surface area contributed by atoms with E-state index < -0.39 is 4.92 Å². The van der Waals surface area contributed by atoms with Gasteiger partial charge in [0.25, 0.3) is 5.69 Å². The minimum absolute atomic E-state index is 0.0793. The standard InChI is InChI=1S/C14H18N4O2S/c1-17(7-6-13-3-2-8-21-13)10-11-9-12(18(19)20)4-5-14(11)16-15/h2-5,8-9,16H,6-7,10,15H2,1H3. The Morgan fingerprint density at radius 3 is 2.86 bits per heavy atom. The fourth-order valence-electron chi connectivity index (χ4n) is 2.09. The molecule has 0 atom stereocenters. The molecule has 1 heterocycles. The van der Waals surface area contributed by atoms with E-state index in [0.29, 0.717) is 12.2 Å². The van der Waals surface area contributed by atoms with E-state index in [0.717, 1.165) is 18.5 Å². The van der Waals surface area contributed by atoms with Crippen LogP contribution in [0.4, 0.5) is 11.4 Å². The molecular weight excluding hydrogens is 288 g/mol. The van der Waals surface area contributed by atoms with Gasteiger partial charge in [-0.2, -0.15) is 0 Å². The van der Waals surface area contributed by atoms with Crippen molar-refractivity contribution in [1.29, 1.82) is 0 Å². The monoisotopic (exact) mass is 306 g/mol. The highest BCUT2D eigenvalue weighted by molar-refractivity contribution is 7.09. The molecule has 0 aliphatic heterocycles. The number of anilines is 1. The largest absolute Gasteiger partial charge is 0.324 e. The highest BCUT2D eigenvalue weighted by atomic mass is 32.1. The Kier molecular flexibility index (Phi) is 5.26. The number of hydrazine groups is 1.